The number of anilines is 3. The van der Waals surface area contributed by atoms with Crippen LogP contribution in [0.2, 0.25) is 0 Å². The normalized spacial score (nSPS) is 16.5. The molecule has 2 aliphatic heterocycles. The van der Waals surface area contributed by atoms with Gasteiger partial charge in [-0.2, -0.15) is 0 Å². The predicted octanol–water partition coefficient (Wildman–Crippen LogP) is 4.23. The Bertz CT molecular complexity index is 1740. The van der Waals surface area contributed by atoms with Crippen LogP contribution in [0, 0.1) is 0 Å². The fourth-order valence-electron chi connectivity index (χ4n) is 5.32. The lowest BCUT2D eigenvalue weighted by molar-refractivity contribution is -0.119. The monoisotopic (exact) mass is 596 g/mol. The van der Waals surface area contributed by atoms with Crippen LogP contribution in [0.25, 0.3) is 21.5 Å². The van der Waals surface area contributed by atoms with Crippen molar-refractivity contribution in [2.75, 3.05) is 69.5 Å². The number of thiazole rings is 1. The average molecular weight is 597 g/mol. The molecule has 10 nitrogen and oxygen atoms in total. The van der Waals surface area contributed by atoms with Crippen molar-refractivity contribution in [3.63, 3.8) is 0 Å². The van der Waals surface area contributed by atoms with Gasteiger partial charge in [0.05, 0.1) is 51.9 Å². The van der Waals surface area contributed by atoms with E-state index in [1.807, 2.05) is 42.5 Å². The van der Waals surface area contributed by atoms with Gasteiger partial charge in [-0.05, 0) is 55.6 Å². The molecule has 0 unspecified atom stereocenters. The van der Waals surface area contributed by atoms with Crippen LogP contribution in [0.15, 0.2) is 66.2 Å². The number of amides is 2. The molecule has 0 radical (unpaired) electrons. The minimum Gasteiger partial charge on any atom is -0.465 e. The van der Waals surface area contributed by atoms with Gasteiger partial charge in [0.2, 0.25) is 5.91 Å². The topological polar surface area (TPSA) is 107 Å². The molecule has 1 aromatic heterocycles. The van der Waals surface area contributed by atoms with E-state index in [1.54, 1.807) is 35.7 Å². The Morgan fingerprint density at radius 2 is 1.77 bits per heavy atom. The van der Waals surface area contributed by atoms with E-state index < -0.39 is 5.97 Å². The summed E-state index contributed by atoms with van der Waals surface area (Å²) in [6.45, 7) is 4.06. The Balaban J connectivity index is 1.30. The van der Waals surface area contributed by atoms with Gasteiger partial charge < -0.3 is 25.2 Å². The molecule has 3 aromatic carbocycles. The summed E-state index contributed by atoms with van der Waals surface area (Å²) in [6.07, 6.45) is 0. The molecule has 11 heteroatoms. The maximum atomic E-state index is 13.4. The molecule has 0 spiro atoms. The van der Waals surface area contributed by atoms with Gasteiger partial charge in [-0.25, -0.2) is 9.78 Å². The number of aromatic nitrogens is 1. The number of fused-ring (bicyclic) bond motifs is 2. The molecule has 43 heavy (non-hydrogen) atoms. The minimum atomic E-state index is -0.476. The van der Waals surface area contributed by atoms with Gasteiger partial charge in [-0.3, -0.25) is 14.5 Å². The van der Waals surface area contributed by atoms with E-state index in [0.29, 0.717) is 34.6 Å². The summed E-state index contributed by atoms with van der Waals surface area (Å²) in [5.41, 5.74) is 7.66. The lowest BCUT2D eigenvalue weighted by atomic mass is 9.99. The SMILES string of the molecule is COC(=O)c1ccc2c(c1)NC(=O)C2=C(Nc1ccc(N(C)C(=O)CN2CCN(C)CC2)cc1)c1ccc2ncsc2c1. The third-order valence-electron chi connectivity index (χ3n) is 7.91. The summed E-state index contributed by atoms with van der Waals surface area (Å²) in [4.78, 5) is 49.1. The Hall–Kier alpha value is -4.58. The van der Waals surface area contributed by atoms with Crippen molar-refractivity contribution in [1.82, 2.24) is 14.8 Å². The van der Waals surface area contributed by atoms with E-state index in [-0.39, 0.29) is 11.8 Å². The first-order chi connectivity index (χ1) is 20.8. The van der Waals surface area contributed by atoms with Crippen LogP contribution >= 0.6 is 11.3 Å². The summed E-state index contributed by atoms with van der Waals surface area (Å²) in [5.74, 6) is -0.721. The molecule has 2 amide bonds. The number of rotatable bonds is 7. The highest BCUT2D eigenvalue weighted by Crippen LogP contribution is 2.39. The van der Waals surface area contributed by atoms with Crippen LogP contribution in [0.1, 0.15) is 21.5 Å². The zero-order chi connectivity index (χ0) is 30.1. The molecule has 6 rings (SSSR count). The third kappa shape index (κ3) is 5.87. The fourth-order valence-corrected chi connectivity index (χ4v) is 6.03. The summed E-state index contributed by atoms with van der Waals surface area (Å²) < 4.78 is 5.85. The van der Waals surface area contributed by atoms with Crippen LogP contribution in [0.3, 0.4) is 0 Å². The van der Waals surface area contributed by atoms with Gasteiger partial charge in [-0.15, -0.1) is 11.3 Å². The number of nitrogens with one attached hydrogen (secondary N) is 2. The number of carbonyl (C=O) groups is 3. The van der Waals surface area contributed by atoms with Gasteiger partial charge in [0.25, 0.3) is 5.91 Å². The van der Waals surface area contributed by atoms with Crippen molar-refractivity contribution >= 4 is 67.7 Å². The molecular formula is C32H32N6O4S. The maximum absolute atomic E-state index is 13.4. The highest BCUT2D eigenvalue weighted by atomic mass is 32.1. The number of ether oxygens (including phenoxy) is 1. The average Bonchev–Trinajstić information content (AvgIpc) is 3.63. The van der Waals surface area contributed by atoms with E-state index in [2.05, 4.69) is 32.5 Å². The first-order valence-corrected chi connectivity index (χ1v) is 14.8. The highest BCUT2D eigenvalue weighted by Gasteiger charge is 2.30. The van der Waals surface area contributed by atoms with Crippen LogP contribution < -0.4 is 15.5 Å². The smallest absolute Gasteiger partial charge is 0.337 e. The van der Waals surface area contributed by atoms with Crippen LogP contribution in [-0.2, 0) is 14.3 Å². The number of piperazine rings is 1. The van der Waals surface area contributed by atoms with Crippen molar-refractivity contribution in [3.8, 4) is 0 Å². The lowest BCUT2D eigenvalue weighted by Crippen LogP contribution is -2.48. The van der Waals surface area contributed by atoms with E-state index in [1.165, 1.54) is 18.4 Å². The molecule has 1 saturated heterocycles. The summed E-state index contributed by atoms with van der Waals surface area (Å²) in [5, 5.41) is 6.38. The third-order valence-corrected chi connectivity index (χ3v) is 8.70. The molecule has 3 heterocycles. The standard InChI is InChI=1S/C32H32N6O4S/c1-36-12-14-38(15-13-36)18-28(39)37(2)23-8-6-22(7-9-23)34-30(20-5-11-25-27(17-20)43-19-33-25)29-24-10-4-21(32(41)42-3)16-26(24)35-31(29)40/h4-11,16-17,19,34H,12-15,18H2,1-3H3,(H,35,40). The van der Waals surface area contributed by atoms with Crippen LogP contribution in [-0.4, -0.2) is 86.5 Å². The number of methoxy groups -OCH3 is 1. The number of hydrogen-bond acceptors (Lipinski definition) is 9. The molecule has 4 aromatic rings. The first kappa shape index (κ1) is 28.5. The molecule has 0 bridgehead atoms. The molecule has 0 aliphatic carbocycles. The van der Waals surface area contributed by atoms with Crippen molar-refractivity contribution < 1.29 is 19.1 Å². The zero-order valence-corrected chi connectivity index (χ0v) is 25.0. The predicted molar refractivity (Wildman–Crippen MR) is 170 cm³/mol. The van der Waals surface area contributed by atoms with Gasteiger partial charge in [0.15, 0.2) is 0 Å². The van der Waals surface area contributed by atoms with Gasteiger partial charge in [-0.1, -0.05) is 12.1 Å². The van der Waals surface area contributed by atoms with Crippen molar-refractivity contribution in [2.24, 2.45) is 0 Å². The van der Waals surface area contributed by atoms with Crippen molar-refractivity contribution in [3.05, 3.63) is 82.9 Å². The maximum Gasteiger partial charge on any atom is 0.337 e. The largest absolute Gasteiger partial charge is 0.465 e. The second-order valence-electron chi connectivity index (χ2n) is 10.7. The molecule has 1 fully saturated rings. The van der Waals surface area contributed by atoms with Gasteiger partial charge >= 0.3 is 5.97 Å². The second kappa shape index (κ2) is 12.0. The highest BCUT2D eigenvalue weighted by molar-refractivity contribution is 7.16. The lowest BCUT2D eigenvalue weighted by Gasteiger charge is -2.32. The van der Waals surface area contributed by atoms with E-state index in [9.17, 15) is 14.4 Å². The quantitative estimate of drug-likeness (QED) is 0.241. The molecular weight excluding hydrogens is 564 g/mol. The summed E-state index contributed by atoms with van der Waals surface area (Å²) in [6, 6.07) is 18.5. The number of hydrogen-bond donors (Lipinski definition) is 2. The van der Waals surface area contributed by atoms with Crippen molar-refractivity contribution in [1.29, 1.82) is 0 Å². The summed E-state index contributed by atoms with van der Waals surface area (Å²) in [7, 11) is 5.21. The van der Waals surface area contributed by atoms with Gasteiger partial charge in [0.1, 0.15) is 0 Å². The zero-order valence-electron chi connectivity index (χ0n) is 24.2. The molecule has 220 valence electrons. The molecule has 2 N–H and O–H groups in total. The van der Waals surface area contributed by atoms with E-state index in [4.69, 9.17) is 4.74 Å². The summed E-state index contributed by atoms with van der Waals surface area (Å²) >= 11 is 1.53. The Morgan fingerprint density at radius 1 is 1.02 bits per heavy atom. The second-order valence-corrected chi connectivity index (χ2v) is 11.6. The Labute approximate surface area is 253 Å². The number of benzene rings is 3. The number of carbonyl (C=O) groups excluding carboxylic acids is 3. The Morgan fingerprint density at radius 3 is 2.51 bits per heavy atom. The van der Waals surface area contributed by atoms with E-state index >= 15 is 0 Å². The minimum absolute atomic E-state index is 0.0384. The molecule has 0 saturated carbocycles. The first-order valence-electron chi connectivity index (χ1n) is 14.0. The van der Waals surface area contributed by atoms with Crippen molar-refractivity contribution in [2.45, 2.75) is 0 Å². The van der Waals surface area contributed by atoms with Crippen LogP contribution in [0.5, 0.6) is 0 Å². The Kier molecular flexibility index (Phi) is 7.94. The number of esters is 1. The molecule has 2 aliphatic rings. The number of likely N-dealkylation sites (N-methyl/N-ethyl adjacent to an activating group) is 2. The fraction of sp³-hybridized carbons (Fsp3) is 0.250. The number of nitrogens with zero attached hydrogens (tertiary/aromatic N) is 4. The molecule has 0 atom stereocenters. The van der Waals surface area contributed by atoms with Gasteiger partial charge in [0, 0.05) is 55.7 Å². The van der Waals surface area contributed by atoms with Crippen LogP contribution in [0.4, 0.5) is 17.1 Å². The van der Waals surface area contributed by atoms with E-state index in [0.717, 1.165) is 53.3 Å².